The molecule has 0 N–H and O–H groups in total. The number of carbonyl (C=O) groups is 1. The Morgan fingerprint density at radius 1 is 0.611 bits per heavy atom. The zero-order chi connectivity index (χ0) is 23.8. The molecule has 0 saturated heterocycles. The first-order valence-electron chi connectivity index (χ1n) is 12.0. The molecule has 1 aliphatic rings. The van der Waals surface area contributed by atoms with Gasteiger partial charge in [0.05, 0.1) is 0 Å². The van der Waals surface area contributed by atoms with Crippen LogP contribution in [0.1, 0.15) is 21.5 Å². The molecule has 178 valence electrons. The van der Waals surface area contributed by atoms with E-state index in [0.717, 1.165) is 23.8 Å². The summed E-state index contributed by atoms with van der Waals surface area (Å²) in [5.74, 6) is 0.144. The summed E-state index contributed by atoms with van der Waals surface area (Å²) in [5.41, 5.74) is 3.52. The van der Waals surface area contributed by atoms with Crippen LogP contribution in [-0.2, 0) is 12.8 Å². The lowest BCUT2D eigenvalue weighted by Gasteiger charge is -2.31. The number of aryl methyl sites for hydroxylation is 2. The summed E-state index contributed by atoms with van der Waals surface area (Å²) in [4.78, 5) is 14.5. The van der Waals surface area contributed by atoms with Gasteiger partial charge in [-0.3, -0.25) is 4.79 Å². The monoisotopic (exact) mass is 614 g/mol. The zero-order valence-corrected chi connectivity index (χ0v) is 23.7. The molecule has 1 unspecified atom stereocenters. The lowest BCUT2D eigenvalue weighted by molar-refractivity contribution is -0.0000143. The zero-order valence-electron chi connectivity index (χ0n) is 19.6. The van der Waals surface area contributed by atoms with E-state index in [1.54, 1.807) is 0 Å². The number of rotatable bonds is 6. The number of benzene rings is 5. The molecular formula is C32H25Br2OP. The predicted molar refractivity (Wildman–Crippen MR) is 154 cm³/mol. The number of hydrogen-bond acceptors (Lipinski definition) is 1. The highest BCUT2D eigenvalue weighted by Gasteiger charge is 2.54. The van der Waals surface area contributed by atoms with Gasteiger partial charge < -0.3 is 17.0 Å². The van der Waals surface area contributed by atoms with Gasteiger partial charge in [-0.05, 0) is 87.1 Å². The van der Waals surface area contributed by atoms with Crippen molar-refractivity contribution in [1.82, 2.24) is 0 Å². The Kier molecular flexibility index (Phi) is 7.26. The van der Waals surface area contributed by atoms with Crippen molar-refractivity contribution in [3.63, 3.8) is 0 Å². The van der Waals surface area contributed by atoms with Gasteiger partial charge in [0.1, 0.15) is 23.2 Å². The predicted octanol–water partition coefficient (Wildman–Crippen LogP) is 3.84. The van der Waals surface area contributed by atoms with Crippen LogP contribution in [0.15, 0.2) is 121 Å². The molecule has 36 heavy (non-hydrogen) atoms. The van der Waals surface area contributed by atoms with Gasteiger partial charge in [-0.25, -0.2) is 0 Å². The van der Waals surface area contributed by atoms with Gasteiger partial charge in [0.2, 0.25) is 5.78 Å². The second kappa shape index (κ2) is 10.4. The van der Waals surface area contributed by atoms with Crippen molar-refractivity contribution in [1.29, 1.82) is 0 Å². The van der Waals surface area contributed by atoms with Crippen molar-refractivity contribution in [2.75, 3.05) is 0 Å². The second-order valence-electron chi connectivity index (χ2n) is 9.04. The number of hydrogen-bond donors (Lipinski definition) is 0. The smallest absolute Gasteiger partial charge is 0.215 e. The van der Waals surface area contributed by atoms with E-state index in [-0.39, 0.29) is 22.8 Å². The van der Waals surface area contributed by atoms with Crippen LogP contribution in [0.25, 0.3) is 10.8 Å². The summed E-state index contributed by atoms with van der Waals surface area (Å²) < 4.78 is -0.402. The summed E-state index contributed by atoms with van der Waals surface area (Å²) in [6.07, 6.45) is 2.11. The number of carbonyl (C=O) groups excluding carboxylic acids is 1. The summed E-state index contributed by atoms with van der Waals surface area (Å²) in [7, 11) is -2.38. The standard InChI is InChI=1S/C32H25BrOP.BrH/c33-32(31(34)29-22-21-24-20-19-23-11-10-18-28(29)30(23)24)35(25-12-4-1-5-13-25,26-14-6-2-7-15-26)27-16-8-3-9-17-27;/h1-18,21-22,32H,19-20H2;1H/q+1;/p-1. The maximum atomic E-state index is 14.5. The van der Waals surface area contributed by atoms with Crippen LogP contribution < -0.4 is 32.9 Å². The van der Waals surface area contributed by atoms with Gasteiger partial charge in [0, 0.05) is 5.56 Å². The van der Waals surface area contributed by atoms with Crippen LogP contribution in [-0.4, -0.2) is 10.4 Å². The fourth-order valence-electron chi connectivity index (χ4n) is 5.60. The van der Waals surface area contributed by atoms with Gasteiger partial charge in [0.25, 0.3) is 0 Å². The normalized spacial score (nSPS) is 13.2. The van der Waals surface area contributed by atoms with Gasteiger partial charge in [-0.2, -0.15) is 0 Å². The number of halogens is 2. The molecule has 0 fully saturated rings. The van der Waals surface area contributed by atoms with Gasteiger partial charge in [-0.15, -0.1) is 0 Å². The van der Waals surface area contributed by atoms with E-state index >= 15 is 0 Å². The molecular weight excluding hydrogens is 591 g/mol. The Morgan fingerprint density at radius 3 is 1.58 bits per heavy atom. The molecule has 0 spiro atoms. The molecule has 0 bridgehead atoms. The van der Waals surface area contributed by atoms with Crippen LogP contribution in [0.5, 0.6) is 0 Å². The van der Waals surface area contributed by atoms with Gasteiger partial charge >= 0.3 is 0 Å². The van der Waals surface area contributed by atoms with Crippen LogP contribution in [0.3, 0.4) is 0 Å². The average Bonchev–Trinajstić information content (AvgIpc) is 3.35. The molecule has 5 aromatic carbocycles. The quantitative estimate of drug-likeness (QED) is 0.161. The first kappa shape index (κ1) is 25.1. The van der Waals surface area contributed by atoms with Crippen molar-refractivity contribution in [2.45, 2.75) is 17.4 Å². The molecule has 0 heterocycles. The van der Waals surface area contributed by atoms with Crippen molar-refractivity contribution < 1.29 is 21.8 Å². The fourth-order valence-corrected chi connectivity index (χ4v) is 12.1. The number of Topliss-reactive ketones (excluding diaryl/α,β-unsaturated/α-hetero) is 1. The second-order valence-corrected chi connectivity index (χ2v) is 14.2. The molecule has 0 saturated carbocycles. The van der Waals surface area contributed by atoms with Crippen LogP contribution in [0, 0.1) is 0 Å². The number of ketones is 1. The average molecular weight is 616 g/mol. The lowest BCUT2D eigenvalue weighted by Crippen LogP contribution is -3.00. The Labute approximate surface area is 231 Å². The maximum absolute atomic E-state index is 14.5. The molecule has 0 amide bonds. The summed E-state index contributed by atoms with van der Waals surface area (Å²) in [6, 6.07) is 42.4. The first-order chi connectivity index (χ1) is 17.2. The van der Waals surface area contributed by atoms with E-state index in [9.17, 15) is 4.79 Å². The molecule has 0 radical (unpaired) electrons. The minimum absolute atomic E-state index is 0. The lowest BCUT2D eigenvalue weighted by atomic mass is 9.98. The van der Waals surface area contributed by atoms with E-state index in [1.807, 2.05) is 18.2 Å². The largest absolute Gasteiger partial charge is 1.00 e. The van der Waals surface area contributed by atoms with E-state index in [0.29, 0.717) is 0 Å². The highest BCUT2D eigenvalue weighted by atomic mass is 79.9. The minimum atomic E-state index is -2.38. The molecule has 1 aliphatic carbocycles. The Morgan fingerprint density at radius 2 is 1.08 bits per heavy atom. The fraction of sp³-hybridized carbons (Fsp3) is 0.0938. The van der Waals surface area contributed by atoms with E-state index in [4.69, 9.17) is 0 Å². The summed E-state index contributed by atoms with van der Waals surface area (Å²) >= 11 is 4.05. The third-order valence-electron chi connectivity index (χ3n) is 7.19. The highest BCUT2D eigenvalue weighted by molar-refractivity contribution is 9.11. The van der Waals surface area contributed by atoms with Crippen LogP contribution in [0.4, 0.5) is 0 Å². The van der Waals surface area contributed by atoms with Crippen molar-refractivity contribution in [2.24, 2.45) is 0 Å². The third-order valence-corrected chi connectivity index (χ3v) is 13.7. The molecule has 0 aromatic heterocycles. The highest BCUT2D eigenvalue weighted by Crippen LogP contribution is 2.62. The van der Waals surface area contributed by atoms with Crippen molar-refractivity contribution in [3.8, 4) is 0 Å². The van der Waals surface area contributed by atoms with Crippen molar-refractivity contribution >= 4 is 55.7 Å². The molecule has 1 nitrogen and oxygen atoms in total. The SMILES string of the molecule is O=C(c1ccc2c3c(cccc13)CC2)C(Br)[P+](c1ccccc1)(c1ccccc1)c1ccccc1.[Br-]. The number of alkyl halides is 1. The molecule has 4 heteroatoms. The van der Waals surface area contributed by atoms with E-state index in [2.05, 4.69) is 119 Å². The van der Waals surface area contributed by atoms with Crippen LogP contribution >= 0.6 is 23.2 Å². The van der Waals surface area contributed by atoms with Gasteiger partial charge in [-0.1, -0.05) is 84.9 Å². The first-order valence-corrected chi connectivity index (χ1v) is 14.8. The Balaban J connectivity index is 0.00000267. The Bertz CT molecular complexity index is 1410. The minimum Gasteiger partial charge on any atom is -1.00 e. The van der Waals surface area contributed by atoms with E-state index in [1.165, 1.54) is 32.4 Å². The molecule has 1 atom stereocenters. The molecule has 0 aliphatic heterocycles. The summed E-state index contributed by atoms with van der Waals surface area (Å²) in [6.45, 7) is 0. The Hall–Kier alpha value is -2.58. The molecule has 6 rings (SSSR count). The maximum Gasteiger partial charge on any atom is 0.215 e. The summed E-state index contributed by atoms with van der Waals surface area (Å²) in [5, 5.41) is 5.94. The van der Waals surface area contributed by atoms with Crippen molar-refractivity contribution in [3.05, 3.63) is 138 Å². The topological polar surface area (TPSA) is 17.1 Å². The van der Waals surface area contributed by atoms with E-state index < -0.39 is 11.8 Å². The van der Waals surface area contributed by atoms with Crippen LogP contribution in [0.2, 0.25) is 0 Å². The molecule has 5 aromatic rings. The van der Waals surface area contributed by atoms with Gasteiger partial charge in [0.15, 0.2) is 4.57 Å². The third kappa shape index (κ3) is 3.98.